The summed E-state index contributed by atoms with van der Waals surface area (Å²) in [6.07, 6.45) is 2.00. The summed E-state index contributed by atoms with van der Waals surface area (Å²) in [5.41, 5.74) is 0.552. The Balaban J connectivity index is 1.41. The van der Waals surface area contributed by atoms with E-state index < -0.39 is 5.97 Å². The molecule has 0 bridgehead atoms. The lowest BCUT2D eigenvalue weighted by atomic mass is 10.2. The Morgan fingerprint density at radius 3 is 2.82 bits per heavy atom. The van der Waals surface area contributed by atoms with Gasteiger partial charge in [-0.2, -0.15) is 0 Å². The van der Waals surface area contributed by atoms with Crippen LogP contribution >= 0.6 is 34.5 Å². The number of carbonyl (C=O) groups is 1. The van der Waals surface area contributed by atoms with Gasteiger partial charge in [-0.3, -0.25) is 9.36 Å². The third kappa shape index (κ3) is 3.63. The van der Waals surface area contributed by atoms with E-state index in [1.807, 2.05) is 6.07 Å². The predicted molar refractivity (Wildman–Crippen MR) is 113 cm³/mol. The molecule has 2 aromatic heterocycles. The normalized spacial score (nSPS) is 11.2. The molecular formula is C20H14Cl2N2O3S. The van der Waals surface area contributed by atoms with Crippen LogP contribution in [0.5, 0.6) is 0 Å². The molecule has 0 amide bonds. The molecule has 0 saturated heterocycles. The number of hydrogen-bond donors (Lipinski definition) is 0. The topological polar surface area (TPSA) is 61.2 Å². The molecule has 4 aromatic rings. The van der Waals surface area contributed by atoms with Crippen molar-refractivity contribution in [2.75, 3.05) is 6.61 Å². The van der Waals surface area contributed by atoms with Crippen LogP contribution in [-0.2, 0) is 11.3 Å². The first-order chi connectivity index (χ1) is 13.5. The van der Waals surface area contributed by atoms with Gasteiger partial charge in [0, 0.05) is 21.7 Å². The quantitative estimate of drug-likeness (QED) is 0.322. The number of aryl methyl sites for hydroxylation is 1. The maximum absolute atomic E-state index is 12.4. The number of aromatic nitrogens is 2. The van der Waals surface area contributed by atoms with Gasteiger partial charge in [0.25, 0.3) is 5.56 Å². The molecule has 4 rings (SSSR count). The van der Waals surface area contributed by atoms with Gasteiger partial charge >= 0.3 is 5.97 Å². The average molecular weight is 433 g/mol. The van der Waals surface area contributed by atoms with Crippen LogP contribution in [0.25, 0.3) is 21.0 Å². The van der Waals surface area contributed by atoms with E-state index in [2.05, 4.69) is 4.98 Å². The fraction of sp³-hybridized carbons (Fsp3) is 0.150. The minimum Gasteiger partial charge on any atom is -0.461 e. The molecule has 2 heterocycles. The zero-order valence-corrected chi connectivity index (χ0v) is 16.9. The lowest BCUT2D eigenvalue weighted by Gasteiger charge is -2.07. The number of benzene rings is 2. The van der Waals surface area contributed by atoms with Crippen molar-refractivity contribution in [2.24, 2.45) is 0 Å². The van der Waals surface area contributed by atoms with Gasteiger partial charge in [-0.1, -0.05) is 41.4 Å². The first-order valence-corrected chi connectivity index (χ1v) is 10.1. The minimum absolute atomic E-state index is 0.110. The molecule has 0 fully saturated rings. The molecule has 0 saturated carbocycles. The van der Waals surface area contributed by atoms with Crippen LogP contribution in [-0.4, -0.2) is 22.1 Å². The number of thiophene rings is 1. The highest BCUT2D eigenvalue weighted by molar-refractivity contribution is 7.21. The molecule has 5 nitrogen and oxygen atoms in total. The second kappa shape index (κ2) is 7.91. The van der Waals surface area contributed by atoms with Crippen molar-refractivity contribution < 1.29 is 9.53 Å². The Morgan fingerprint density at radius 1 is 1.14 bits per heavy atom. The van der Waals surface area contributed by atoms with E-state index in [0.29, 0.717) is 38.8 Å². The monoisotopic (exact) mass is 432 g/mol. The minimum atomic E-state index is -0.480. The van der Waals surface area contributed by atoms with Gasteiger partial charge in [-0.15, -0.1) is 11.3 Å². The van der Waals surface area contributed by atoms with Crippen LogP contribution in [0.4, 0.5) is 0 Å². The number of fused-ring (bicyclic) bond motifs is 2. The van der Waals surface area contributed by atoms with Crippen molar-refractivity contribution in [3.8, 4) is 0 Å². The highest BCUT2D eigenvalue weighted by Gasteiger charge is 2.18. The third-order valence-electron chi connectivity index (χ3n) is 4.28. The molecule has 0 N–H and O–H groups in total. The Hall–Kier alpha value is -2.41. The van der Waals surface area contributed by atoms with Crippen molar-refractivity contribution in [1.29, 1.82) is 0 Å². The number of para-hydroxylation sites is 1. The third-order valence-corrected chi connectivity index (χ3v) is 6.16. The highest BCUT2D eigenvalue weighted by atomic mass is 35.5. The Bertz CT molecular complexity index is 1250. The molecule has 0 unspecified atom stereocenters. The van der Waals surface area contributed by atoms with E-state index in [1.165, 1.54) is 22.2 Å². The first kappa shape index (κ1) is 18.9. The summed E-state index contributed by atoms with van der Waals surface area (Å²) >= 11 is 13.5. The van der Waals surface area contributed by atoms with Crippen molar-refractivity contribution in [3.63, 3.8) is 0 Å². The van der Waals surface area contributed by atoms with Crippen LogP contribution in [0.2, 0.25) is 10.0 Å². The largest absolute Gasteiger partial charge is 0.461 e. The summed E-state index contributed by atoms with van der Waals surface area (Å²) in [6.45, 7) is 0.573. The van der Waals surface area contributed by atoms with Crippen LogP contribution in [0.3, 0.4) is 0 Å². The second-order valence-electron chi connectivity index (χ2n) is 6.14. The van der Waals surface area contributed by atoms with E-state index in [-0.39, 0.29) is 12.2 Å². The standard InChI is InChI=1S/C20H14Cl2N2O3S/c21-12-6-7-14-16(10-12)28-18(17(14)22)20(26)27-9-3-8-24-11-23-15-5-2-1-4-13(15)19(24)25/h1-2,4-7,10-11H,3,8-9H2. The van der Waals surface area contributed by atoms with E-state index in [9.17, 15) is 9.59 Å². The van der Waals surface area contributed by atoms with Crippen molar-refractivity contribution in [3.05, 3.63) is 74.1 Å². The van der Waals surface area contributed by atoms with Gasteiger partial charge in [0.1, 0.15) is 4.88 Å². The fourth-order valence-corrected chi connectivity index (χ4v) is 4.58. The predicted octanol–water partition coefficient (Wildman–Crippen LogP) is 5.17. The van der Waals surface area contributed by atoms with Gasteiger partial charge in [-0.25, -0.2) is 9.78 Å². The molecule has 0 aliphatic heterocycles. The molecule has 0 atom stereocenters. The van der Waals surface area contributed by atoms with Gasteiger partial charge in [0.15, 0.2) is 0 Å². The lowest BCUT2D eigenvalue weighted by molar-refractivity contribution is 0.0501. The summed E-state index contributed by atoms with van der Waals surface area (Å²) < 4.78 is 7.69. The Kier molecular flexibility index (Phi) is 5.35. The summed E-state index contributed by atoms with van der Waals surface area (Å²) in [5, 5.41) is 2.30. The summed E-state index contributed by atoms with van der Waals surface area (Å²) in [7, 11) is 0. The second-order valence-corrected chi connectivity index (χ2v) is 8.00. The van der Waals surface area contributed by atoms with Crippen LogP contribution < -0.4 is 5.56 Å². The van der Waals surface area contributed by atoms with Gasteiger partial charge in [-0.05, 0) is 30.7 Å². The smallest absolute Gasteiger partial charge is 0.349 e. The maximum Gasteiger partial charge on any atom is 0.349 e. The molecule has 142 valence electrons. The SMILES string of the molecule is O=C(OCCCn1cnc2ccccc2c1=O)c1sc2cc(Cl)ccc2c1Cl. The van der Waals surface area contributed by atoms with E-state index in [0.717, 1.165) is 10.1 Å². The number of esters is 1. The zero-order valence-electron chi connectivity index (χ0n) is 14.5. The summed E-state index contributed by atoms with van der Waals surface area (Å²) in [6, 6.07) is 12.5. The Labute approximate surface area is 174 Å². The number of rotatable bonds is 5. The molecule has 0 radical (unpaired) electrons. The van der Waals surface area contributed by atoms with Crippen molar-refractivity contribution >= 4 is 61.5 Å². The van der Waals surface area contributed by atoms with E-state index >= 15 is 0 Å². The fourth-order valence-electron chi connectivity index (χ4n) is 2.90. The first-order valence-electron chi connectivity index (χ1n) is 8.53. The zero-order chi connectivity index (χ0) is 19.7. The van der Waals surface area contributed by atoms with Gasteiger partial charge in [0.05, 0.1) is 28.9 Å². The number of carbonyl (C=O) groups excluding carboxylic acids is 1. The Morgan fingerprint density at radius 2 is 1.96 bits per heavy atom. The number of hydrogen-bond acceptors (Lipinski definition) is 5. The van der Waals surface area contributed by atoms with E-state index in [4.69, 9.17) is 27.9 Å². The molecular weight excluding hydrogens is 419 g/mol. The number of nitrogens with zero attached hydrogens (tertiary/aromatic N) is 2. The van der Waals surface area contributed by atoms with Crippen molar-refractivity contribution in [2.45, 2.75) is 13.0 Å². The molecule has 28 heavy (non-hydrogen) atoms. The van der Waals surface area contributed by atoms with Crippen LogP contribution in [0, 0.1) is 0 Å². The summed E-state index contributed by atoms with van der Waals surface area (Å²) in [4.78, 5) is 29.4. The van der Waals surface area contributed by atoms with Crippen LogP contribution in [0.15, 0.2) is 53.6 Å². The lowest BCUT2D eigenvalue weighted by Crippen LogP contribution is -2.21. The molecule has 2 aromatic carbocycles. The molecule has 0 aliphatic rings. The number of halogens is 2. The van der Waals surface area contributed by atoms with Gasteiger partial charge in [0.2, 0.25) is 0 Å². The molecule has 0 aliphatic carbocycles. The average Bonchev–Trinajstić information content (AvgIpc) is 3.02. The molecule has 0 spiro atoms. The molecule has 8 heteroatoms. The van der Waals surface area contributed by atoms with Crippen molar-refractivity contribution in [1.82, 2.24) is 9.55 Å². The van der Waals surface area contributed by atoms with Gasteiger partial charge < -0.3 is 4.74 Å². The summed E-state index contributed by atoms with van der Waals surface area (Å²) in [5.74, 6) is -0.480. The maximum atomic E-state index is 12.4. The highest BCUT2D eigenvalue weighted by Crippen LogP contribution is 2.37. The number of ether oxygens (including phenoxy) is 1. The van der Waals surface area contributed by atoms with Crippen LogP contribution in [0.1, 0.15) is 16.1 Å². The van der Waals surface area contributed by atoms with E-state index in [1.54, 1.807) is 36.4 Å².